The van der Waals surface area contributed by atoms with Gasteiger partial charge < -0.3 is 10.4 Å². The van der Waals surface area contributed by atoms with E-state index in [0.29, 0.717) is 10.2 Å². The predicted octanol–water partition coefficient (Wildman–Crippen LogP) is 2.18. The number of amides is 1. The maximum Gasteiger partial charge on any atom is 0.326 e. The summed E-state index contributed by atoms with van der Waals surface area (Å²) in [5.74, 6) is -1.92. The minimum Gasteiger partial charge on any atom is -0.480 e. The number of carboxylic acids is 1. The van der Waals surface area contributed by atoms with Gasteiger partial charge in [0.1, 0.15) is 10.6 Å². The number of nitro benzene ring substituents is 1. The van der Waals surface area contributed by atoms with Crippen LogP contribution in [0.1, 0.15) is 15.9 Å². The van der Waals surface area contributed by atoms with E-state index in [4.69, 9.17) is 0 Å². The Kier molecular flexibility index (Phi) is 5.59. The third-order valence-electron chi connectivity index (χ3n) is 3.18. The van der Waals surface area contributed by atoms with Gasteiger partial charge in [0.2, 0.25) is 0 Å². The molecule has 1 atom stereocenters. The van der Waals surface area contributed by atoms with Gasteiger partial charge in [-0.3, -0.25) is 14.9 Å². The summed E-state index contributed by atoms with van der Waals surface area (Å²) in [7, 11) is 0. The van der Waals surface area contributed by atoms with Crippen LogP contribution in [0.25, 0.3) is 0 Å². The maximum atomic E-state index is 12.2. The molecule has 124 valence electrons. The zero-order valence-corrected chi connectivity index (χ0v) is 13.8. The van der Waals surface area contributed by atoms with E-state index in [-0.39, 0.29) is 17.7 Å². The Morgan fingerprint density at radius 1 is 1.33 bits per heavy atom. The number of nitrogens with one attached hydrogen (secondary N) is 1. The van der Waals surface area contributed by atoms with Crippen LogP contribution in [-0.4, -0.2) is 32.9 Å². The summed E-state index contributed by atoms with van der Waals surface area (Å²) in [6, 6.07) is 7.22. The van der Waals surface area contributed by atoms with Crippen molar-refractivity contribution in [3.05, 3.63) is 68.4 Å². The van der Waals surface area contributed by atoms with Crippen molar-refractivity contribution in [1.29, 1.82) is 0 Å². The van der Waals surface area contributed by atoms with Gasteiger partial charge in [0.25, 0.3) is 11.6 Å². The molecule has 0 unspecified atom stereocenters. The van der Waals surface area contributed by atoms with Crippen molar-refractivity contribution in [2.24, 2.45) is 0 Å². The summed E-state index contributed by atoms with van der Waals surface area (Å²) < 4.78 is 0.487. The van der Waals surface area contributed by atoms with E-state index in [1.165, 1.54) is 18.2 Å². The molecule has 2 rings (SSSR count). The van der Waals surface area contributed by atoms with Gasteiger partial charge in [-0.05, 0) is 33.6 Å². The second-order valence-electron chi connectivity index (χ2n) is 4.83. The number of carboxylic acid groups (broad SMARTS) is 1. The summed E-state index contributed by atoms with van der Waals surface area (Å²) in [6.45, 7) is 0. The molecule has 2 N–H and O–H groups in total. The number of aromatic nitrogens is 1. The molecule has 0 fully saturated rings. The molecule has 0 spiro atoms. The standard InChI is InChI=1S/C15H12BrN3O5/c16-13-9(4-2-6-17-13)8-12(15(21)22)18-14(20)10-3-1-5-11(7-10)19(23)24/h1-7,12H,8H2,(H,18,20)(H,21,22)/t12-/m1/s1. The number of nitro groups is 1. The van der Waals surface area contributed by atoms with E-state index in [0.717, 1.165) is 6.07 Å². The van der Waals surface area contributed by atoms with Crippen LogP contribution in [0.4, 0.5) is 5.69 Å². The molecular weight excluding hydrogens is 382 g/mol. The number of hydrogen-bond donors (Lipinski definition) is 2. The Labute approximate surface area is 144 Å². The largest absolute Gasteiger partial charge is 0.480 e. The molecule has 0 aliphatic carbocycles. The average Bonchev–Trinajstić information content (AvgIpc) is 2.56. The quantitative estimate of drug-likeness (QED) is 0.440. The second kappa shape index (κ2) is 7.64. The number of rotatable bonds is 6. The Balaban J connectivity index is 2.17. The molecule has 1 aromatic heterocycles. The van der Waals surface area contributed by atoms with Crippen LogP contribution in [-0.2, 0) is 11.2 Å². The van der Waals surface area contributed by atoms with Crippen LogP contribution in [0.3, 0.4) is 0 Å². The molecular formula is C15H12BrN3O5. The Hall–Kier alpha value is -2.81. The number of hydrogen-bond acceptors (Lipinski definition) is 5. The van der Waals surface area contributed by atoms with Crippen LogP contribution in [0, 0.1) is 10.1 Å². The molecule has 0 radical (unpaired) electrons. The lowest BCUT2D eigenvalue weighted by Gasteiger charge is -2.15. The number of halogens is 1. The number of benzene rings is 1. The van der Waals surface area contributed by atoms with Crippen molar-refractivity contribution in [2.45, 2.75) is 12.5 Å². The van der Waals surface area contributed by atoms with Crippen LogP contribution in [0.2, 0.25) is 0 Å². The van der Waals surface area contributed by atoms with Crippen molar-refractivity contribution >= 4 is 33.5 Å². The van der Waals surface area contributed by atoms with Crippen molar-refractivity contribution in [3.8, 4) is 0 Å². The number of non-ortho nitro benzene ring substituents is 1. The summed E-state index contributed by atoms with van der Waals surface area (Å²) in [5, 5.41) is 22.4. The van der Waals surface area contributed by atoms with E-state index < -0.39 is 22.8 Å². The maximum absolute atomic E-state index is 12.2. The SMILES string of the molecule is O=C(N[C@H](Cc1cccnc1Br)C(=O)O)c1cccc([N+](=O)[O-])c1. The van der Waals surface area contributed by atoms with Gasteiger partial charge in [0.15, 0.2) is 0 Å². The van der Waals surface area contributed by atoms with Crippen molar-refractivity contribution in [3.63, 3.8) is 0 Å². The van der Waals surface area contributed by atoms with E-state index in [9.17, 15) is 24.8 Å². The normalized spacial score (nSPS) is 11.5. The zero-order chi connectivity index (χ0) is 17.7. The molecule has 1 amide bonds. The number of pyridine rings is 1. The van der Waals surface area contributed by atoms with Gasteiger partial charge in [-0.15, -0.1) is 0 Å². The number of nitrogens with zero attached hydrogens (tertiary/aromatic N) is 2. The lowest BCUT2D eigenvalue weighted by atomic mass is 10.1. The Bertz CT molecular complexity index is 796. The van der Waals surface area contributed by atoms with Gasteiger partial charge in [-0.2, -0.15) is 0 Å². The van der Waals surface area contributed by atoms with Crippen LogP contribution in [0.5, 0.6) is 0 Å². The van der Waals surface area contributed by atoms with Crippen LogP contribution >= 0.6 is 15.9 Å². The monoisotopic (exact) mass is 393 g/mol. The highest BCUT2D eigenvalue weighted by Gasteiger charge is 2.23. The van der Waals surface area contributed by atoms with E-state index >= 15 is 0 Å². The number of carbonyl (C=O) groups is 2. The highest BCUT2D eigenvalue weighted by atomic mass is 79.9. The first-order valence-corrected chi connectivity index (χ1v) is 7.55. The second-order valence-corrected chi connectivity index (χ2v) is 5.58. The fraction of sp³-hybridized carbons (Fsp3) is 0.133. The molecule has 0 saturated carbocycles. The molecule has 24 heavy (non-hydrogen) atoms. The van der Waals surface area contributed by atoms with Gasteiger partial charge in [-0.1, -0.05) is 12.1 Å². The lowest BCUT2D eigenvalue weighted by molar-refractivity contribution is -0.384. The van der Waals surface area contributed by atoms with Gasteiger partial charge in [0, 0.05) is 30.3 Å². The van der Waals surface area contributed by atoms with Gasteiger partial charge in [0.05, 0.1) is 4.92 Å². The molecule has 2 aromatic rings. The molecule has 9 heteroatoms. The summed E-state index contributed by atoms with van der Waals surface area (Å²) in [5.41, 5.74) is 0.384. The van der Waals surface area contributed by atoms with Gasteiger partial charge >= 0.3 is 5.97 Å². The highest BCUT2D eigenvalue weighted by molar-refractivity contribution is 9.10. The first-order valence-electron chi connectivity index (χ1n) is 6.76. The molecule has 0 aliphatic rings. The topological polar surface area (TPSA) is 122 Å². The minimum absolute atomic E-state index is 0.0145. The summed E-state index contributed by atoms with van der Waals surface area (Å²) >= 11 is 3.22. The first kappa shape index (κ1) is 17.5. The summed E-state index contributed by atoms with van der Waals surface area (Å²) in [6.07, 6.45) is 1.56. The fourth-order valence-electron chi connectivity index (χ4n) is 1.99. The lowest BCUT2D eigenvalue weighted by Crippen LogP contribution is -2.42. The molecule has 1 heterocycles. The Morgan fingerprint density at radius 2 is 2.08 bits per heavy atom. The van der Waals surface area contributed by atoms with E-state index in [1.54, 1.807) is 18.3 Å². The molecule has 8 nitrogen and oxygen atoms in total. The van der Waals surface area contributed by atoms with Crippen molar-refractivity contribution in [2.75, 3.05) is 0 Å². The fourth-order valence-corrected chi connectivity index (χ4v) is 2.41. The first-order chi connectivity index (χ1) is 11.4. The number of carbonyl (C=O) groups excluding carboxylic acids is 1. The Morgan fingerprint density at radius 3 is 2.71 bits per heavy atom. The number of aliphatic carboxylic acids is 1. The highest BCUT2D eigenvalue weighted by Crippen LogP contribution is 2.16. The molecule has 1 aromatic carbocycles. The third-order valence-corrected chi connectivity index (χ3v) is 3.90. The molecule has 0 saturated heterocycles. The van der Waals surface area contributed by atoms with E-state index in [1.807, 2.05) is 0 Å². The smallest absolute Gasteiger partial charge is 0.326 e. The van der Waals surface area contributed by atoms with Crippen molar-refractivity contribution < 1.29 is 19.6 Å². The third kappa shape index (κ3) is 4.35. The van der Waals surface area contributed by atoms with Crippen molar-refractivity contribution in [1.82, 2.24) is 10.3 Å². The van der Waals surface area contributed by atoms with Crippen LogP contribution < -0.4 is 5.32 Å². The van der Waals surface area contributed by atoms with Gasteiger partial charge in [-0.25, -0.2) is 9.78 Å². The predicted molar refractivity (Wildman–Crippen MR) is 87.6 cm³/mol. The minimum atomic E-state index is -1.22. The van der Waals surface area contributed by atoms with E-state index in [2.05, 4.69) is 26.2 Å². The van der Waals surface area contributed by atoms with Crippen LogP contribution in [0.15, 0.2) is 47.2 Å². The zero-order valence-electron chi connectivity index (χ0n) is 12.2. The molecule has 0 bridgehead atoms. The summed E-state index contributed by atoms with van der Waals surface area (Å²) in [4.78, 5) is 37.7. The molecule has 0 aliphatic heterocycles. The average molecular weight is 394 g/mol.